The van der Waals surface area contributed by atoms with Crippen LogP contribution in [-0.4, -0.2) is 146 Å². The molecule has 4 N–H and O–H groups in total. The number of nitrogens with one attached hydrogen (secondary N) is 1. The van der Waals surface area contributed by atoms with Crippen LogP contribution in [0, 0.1) is 33.5 Å². The van der Waals surface area contributed by atoms with Crippen LogP contribution < -0.4 is 11.1 Å². The number of amides is 1. The summed E-state index contributed by atoms with van der Waals surface area (Å²) in [5.74, 6) is -3.11. The molecule has 14 heteroatoms. The number of hydrogen-bond acceptors (Lipinski definition) is 12. The van der Waals surface area contributed by atoms with Gasteiger partial charge in [0.05, 0.1) is 71.1 Å². The molecule has 0 radical (unpaired) electrons. The summed E-state index contributed by atoms with van der Waals surface area (Å²) in [7, 11) is 8.02. The van der Waals surface area contributed by atoms with Crippen molar-refractivity contribution in [2.45, 2.75) is 121 Å². The molecule has 0 aliphatic carbocycles. The minimum Gasteiger partial charge on any atom is -0.481 e. The fraction of sp³-hybridized carbons (Fsp3) is 0.833. The Labute approximate surface area is 377 Å². The lowest BCUT2D eigenvalue weighted by Crippen LogP contribution is -2.31. The monoisotopic (exact) mass is 885 g/mol. The number of nitrogens with two attached hydrogens (primary N) is 1. The second-order valence-electron chi connectivity index (χ2n) is 21.2. The Hall–Kier alpha value is -2.72. The molecular formula is C48H92N4O10. The van der Waals surface area contributed by atoms with Gasteiger partial charge in [-0.05, 0) is 88.4 Å². The molecule has 0 spiro atoms. The number of carboxylic acid groups (broad SMARTS) is 1. The number of carbonyl (C=O) groups excluding carboxylic acids is 3. The second kappa shape index (κ2) is 32.0. The van der Waals surface area contributed by atoms with Crippen molar-refractivity contribution in [2.24, 2.45) is 39.2 Å². The number of aliphatic carboxylic acids is 1. The van der Waals surface area contributed by atoms with Gasteiger partial charge in [0.25, 0.3) is 0 Å². The SMILES string of the molecule is C=C(CC(CC(=O)NCCOCCOCCN(C)C)C(=O)O)CC(C)(C)CC(C)(C)C.C=C(CC1CC(=O)OC1=O)CC(C)(C)CC(C)(C)C.CN(C)CCOCCOCCN. The van der Waals surface area contributed by atoms with E-state index < -0.39 is 17.9 Å². The van der Waals surface area contributed by atoms with Gasteiger partial charge in [0, 0.05) is 32.6 Å². The van der Waals surface area contributed by atoms with Crippen LogP contribution in [0.4, 0.5) is 0 Å². The number of nitrogens with zero attached hydrogens (tertiary/aromatic N) is 2. The lowest BCUT2D eigenvalue weighted by atomic mass is 9.72. The number of esters is 2. The summed E-state index contributed by atoms with van der Waals surface area (Å²) in [5.41, 5.74) is 7.80. The van der Waals surface area contributed by atoms with Gasteiger partial charge in [-0.25, -0.2) is 0 Å². The average molecular weight is 885 g/mol. The van der Waals surface area contributed by atoms with Gasteiger partial charge in [0.2, 0.25) is 5.91 Å². The van der Waals surface area contributed by atoms with Crippen LogP contribution in [0.2, 0.25) is 0 Å². The lowest BCUT2D eigenvalue weighted by Gasteiger charge is -2.33. The fourth-order valence-corrected chi connectivity index (χ4v) is 7.90. The van der Waals surface area contributed by atoms with Crippen LogP contribution in [0.15, 0.2) is 24.3 Å². The summed E-state index contributed by atoms with van der Waals surface area (Å²) in [5, 5.41) is 12.3. The Morgan fingerprint density at radius 1 is 0.726 bits per heavy atom. The lowest BCUT2D eigenvalue weighted by molar-refractivity contribution is -0.153. The summed E-state index contributed by atoms with van der Waals surface area (Å²) < 4.78 is 25.8. The van der Waals surface area contributed by atoms with Crippen molar-refractivity contribution in [1.29, 1.82) is 0 Å². The van der Waals surface area contributed by atoms with Gasteiger partial charge in [-0.1, -0.05) is 93.5 Å². The second-order valence-corrected chi connectivity index (χ2v) is 21.2. The van der Waals surface area contributed by atoms with Crippen molar-refractivity contribution in [3.63, 3.8) is 0 Å². The minimum atomic E-state index is -0.962. The first kappa shape index (κ1) is 61.4. The largest absolute Gasteiger partial charge is 0.481 e. The first-order valence-electron chi connectivity index (χ1n) is 22.4. The zero-order chi connectivity index (χ0) is 48.2. The molecule has 14 nitrogen and oxygen atoms in total. The molecule has 1 heterocycles. The smallest absolute Gasteiger partial charge is 0.317 e. The van der Waals surface area contributed by atoms with Crippen molar-refractivity contribution in [2.75, 3.05) is 107 Å². The minimum absolute atomic E-state index is 0.0359. The number of cyclic esters (lactones) is 2. The molecule has 1 aliphatic heterocycles. The molecule has 2 unspecified atom stereocenters. The third-order valence-corrected chi connectivity index (χ3v) is 9.23. The van der Waals surface area contributed by atoms with Crippen LogP contribution in [0.5, 0.6) is 0 Å². The van der Waals surface area contributed by atoms with Crippen LogP contribution in [0.1, 0.15) is 121 Å². The van der Waals surface area contributed by atoms with Crippen molar-refractivity contribution in [3.05, 3.63) is 24.3 Å². The quantitative estimate of drug-likeness (QED) is 0.0291. The standard InChI is InChI=1S/C24H46N2O5.C16H26O3.C8H20N2O2/c1-19(17-24(5,6)18-23(2,3)4)15-20(22(28)29)16-21(27)25-9-11-30-13-14-31-12-10-26(7)8;1-11(7-12-8-13(17)19-14(12)18)9-16(5,6)10-15(2,3)4;1-10(2)4-6-12-8-7-11-5-3-9/h20H,1,9-18H2,2-8H3,(H,25,27)(H,28,29);12H,1,7-10H2,2-6H3;3-9H2,1-2H3. The van der Waals surface area contributed by atoms with Crippen molar-refractivity contribution in [3.8, 4) is 0 Å². The Bertz CT molecular complexity index is 1300. The van der Waals surface area contributed by atoms with Gasteiger partial charge in [-0.2, -0.15) is 0 Å². The van der Waals surface area contributed by atoms with Gasteiger partial charge >= 0.3 is 17.9 Å². The van der Waals surface area contributed by atoms with E-state index in [0.717, 1.165) is 56.5 Å². The summed E-state index contributed by atoms with van der Waals surface area (Å²) in [6.07, 6.45) is 4.77. The van der Waals surface area contributed by atoms with E-state index in [1.165, 1.54) is 0 Å². The summed E-state index contributed by atoms with van der Waals surface area (Å²) >= 11 is 0. The van der Waals surface area contributed by atoms with Crippen LogP contribution in [0.25, 0.3) is 0 Å². The Kier molecular flexibility index (Phi) is 31.7. The molecule has 2 atom stereocenters. The molecule has 0 bridgehead atoms. The first-order valence-corrected chi connectivity index (χ1v) is 22.4. The van der Waals surface area contributed by atoms with Crippen LogP contribution in [-0.2, 0) is 42.9 Å². The summed E-state index contributed by atoms with van der Waals surface area (Å²) in [6, 6.07) is 0. The number of allylic oxidation sites excluding steroid dienone is 2. The number of likely N-dealkylation sites (N-methyl/N-ethyl adjacent to an activating group) is 2. The topological polar surface area (TPSA) is 179 Å². The first-order chi connectivity index (χ1) is 28.5. The molecule has 1 aliphatic rings. The highest BCUT2D eigenvalue weighted by Gasteiger charge is 2.35. The number of hydrogen-bond donors (Lipinski definition) is 3. The third-order valence-electron chi connectivity index (χ3n) is 9.23. The molecule has 1 rings (SSSR count). The van der Waals surface area contributed by atoms with E-state index in [1.807, 2.05) is 33.1 Å². The Balaban J connectivity index is 0. The highest BCUT2D eigenvalue weighted by molar-refractivity contribution is 5.94. The van der Waals surface area contributed by atoms with Gasteiger partial charge in [0.15, 0.2) is 0 Å². The molecule has 1 saturated heterocycles. The van der Waals surface area contributed by atoms with E-state index in [0.29, 0.717) is 72.2 Å². The van der Waals surface area contributed by atoms with E-state index in [2.05, 4.69) is 97.3 Å². The Morgan fingerprint density at radius 2 is 1.16 bits per heavy atom. The van der Waals surface area contributed by atoms with Gasteiger partial charge in [-0.15, -0.1) is 0 Å². The normalized spacial score (nSPS) is 15.1. The number of carboxylic acids is 1. The molecule has 0 aromatic carbocycles. The fourth-order valence-electron chi connectivity index (χ4n) is 7.90. The highest BCUT2D eigenvalue weighted by atomic mass is 16.6. The molecular weight excluding hydrogens is 793 g/mol. The van der Waals surface area contributed by atoms with Crippen LogP contribution >= 0.6 is 0 Å². The molecule has 0 aromatic heterocycles. The van der Waals surface area contributed by atoms with Crippen molar-refractivity contribution < 1.29 is 48.0 Å². The van der Waals surface area contributed by atoms with E-state index in [9.17, 15) is 24.3 Å². The van der Waals surface area contributed by atoms with E-state index in [1.54, 1.807) is 0 Å². The van der Waals surface area contributed by atoms with Crippen molar-refractivity contribution >= 4 is 23.8 Å². The molecule has 364 valence electrons. The average Bonchev–Trinajstić information content (AvgIpc) is 3.39. The van der Waals surface area contributed by atoms with Gasteiger partial charge in [0.1, 0.15) is 0 Å². The zero-order valence-electron chi connectivity index (χ0n) is 41.8. The van der Waals surface area contributed by atoms with Gasteiger partial charge < -0.3 is 49.6 Å². The number of rotatable bonds is 30. The Morgan fingerprint density at radius 3 is 1.55 bits per heavy atom. The van der Waals surface area contributed by atoms with Gasteiger partial charge in [-0.3, -0.25) is 19.2 Å². The third kappa shape index (κ3) is 38.9. The molecule has 1 amide bonds. The molecule has 62 heavy (non-hydrogen) atoms. The highest BCUT2D eigenvalue weighted by Crippen LogP contribution is 2.40. The maximum Gasteiger partial charge on any atom is 0.317 e. The van der Waals surface area contributed by atoms with Crippen LogP contribution in [0.3, 0.4) is 0 Å². The maximum absolute atomic E-state index is 12.2. The van der Waals surface area contributed by atoms with E-state index in [4.69, 9.17) is 24.7 Å². The summed E-state index contributed by atoms with van der Waals surface area (Å²) in [4.78, 5) is 50.4. The van der Waals surface area contributed by atoms with Crippen molar-refractivity contribution in [1.82, 2.24) is 15.1 Å². The molecule has 0 aromatic rings. The number of ether oxygens (including phenoxy) is 5. The van der Waals surface area contributed by atoms with E-state index >= 15 is 0 Å². The maximum atomic E-state index is 12.2. The predicted molar refractivity (Wildman–Crippen MR) is 250 cm³/mol. The van der Waals surface area contributed by atoms with E-state index in [-0.39, 0.29) is 52.3 Å². The predicted octanol–water partition coefficient (Wildman–Crippen LogP) is 7.00. The molecule has 0 saturated carbocycles. The molecule has 1 fully saturated rings. The number of carbonyl (C=O) groups is 4. The zero-order valence-corrected chi connectivity index (χ0v) is 41.8. The summed E-state index contributed by atoms with van der Waals surface area (Å²) in [6.45, 7) is 37.7.